The molecule has 0 spiro atoms. The first-order chi connectivity index (χ1) is 12.6. The fourth-order valence-electron chi connectivity index (χ4n) is 2.73. The fraction of sp³-hybridized carbons (Fsp3) is 0.444. The SMILES string of the molecule is CC(C)(C)OC(=O)/C=N\C(=C/N)C(O)C1CCOc2ccc([N+](=O)[O-])cc21. The van der Waals surface area contributed by atoms with Crippen molar-refractivity contribution in [2.75, 3.05) is 6.61 Å². The van der Waals surface area contributed by atoms with Crippen LogP contribution in [0.3, 0.4) is 0 Å². The quantitative estimate of drug-likeness (QED) is 0.346. The molecular weight excluding hydrogens is 354 g/mol. The summed E-state index contributed by atoms with van der Waals surface area (Å²) in [6.45, 7) is 5.50. The maximum absolute atomic E-state index is 11.8. The molecule has 0 fully saturated rings. The Kier molecular flexibility index (Phi) is 6.17. The number of hydrogen-bond donors (Lipinski definition) is 2. The summed E-state index contributed by atoms with van der Waals surface area (Å²) in [7, 11) is 0. The first-order valence-electron chi connectivity index (χ1n) is 8.40. The number of rotatable bonds is 5. The lowest BCUT2D eigenvalue weighted by atomic mass is 9.86. The molecule has 2 rings (SSSR count). The second-order valence-electron chi connectivity index (χ2n) is 7.05. The van der Waals surface area contributed by atoms with Crippen molar-refractivity contribution in [2.45, 2.75) is 44.8 Å². The van der Waals surface area contributed by atoms with Crippen LogP contribution in [0.2, 0.25) is 0 Å². The van der Waals surface area contributed by atoms with Crippen molar-refractivity contribution >= 4 is 17.9 Å². The molecule has 1 aromatic carbocycles. The molecule has 0 radical (unpaired) electrons. The van der Waals surface area contributed by atoms with Crippen molar-refractivity contribution in [3.05, 3.63) is 45.8 Å². The lowest BCUT2D eigenvalue weighted by Gasteiger charge is -2.29. The van der Waals surface area contributed by atoms with Crippen molar-refractivity contribution in [3.63, 3.8) is 0 Å². The molecule has 0 saturated heterocycles. The van der Waals surface area contributed by atoms with E-state index in [9.17, 15) is 20.0 Å². The molecule has 3 N–H and O–H groups in total. The van der Waals surface area contributed by atoms with Gasteiger partial charge in [0, 0.05) is 29.8 Å². The van der Waals surface area contributed by atoms with Gasteiger partial charge in [0.15, 0.2) is 0 Å². The highest BCUT2D eigenvalue weighted by molar-refractivity contribution is 6.23. The Morgan fingerprint density at radius 2 is 2.22 bits per heavy atom. The molecule has 0 aromatic heterocycles. The lowest BCUT2D eigenvalue weighted by Crippen LogP contribution is -2.27. The van der Waals surface area contributed by atoms with E-state index in [2.05, 4.69) is 4.99 Å². The third kappa shape index (κ3) is 5.27. The summed E-state index contributed by atoms with van der Waals surface area (Å²) >= 11 is 0. The van der Waals surface area contributed by atoms with Crippen LogP contribution in [-0.2, 0) is 9.53 Å². The number of fused-ring (bicyclic) bond motifs is 1. The number of esters is 1. The molecule has 146 valence electrons. The van der Waals surface area contributed by atoms with Crippen LogP contribution in [0.1, 0.15) is 38.7 Å². The highest BCUT2D eigenvalue weighted by Crippen LogP contribution is 2.39. The zero-order valence-electron chi connectivity index (χ0n) is 15.4. The van der Waals surface area contributed by atoms with E-state index < -0.39 is 28.5 Å². The van der Waals surface area contributed by atoms with Crippen LogP contribution in [0, 0.1) is 10.1 Å². The van der Waals surface area contributed by atoms with Crippen LogP contribution in [0.5, 0.6) is 5.75 Å². The summed E-state index contributed by atoms with van der Waals surface area (Å²) in [5.41, 5.74) is 5.34. The first kappa shape index (κ1) is 20.4. The molecule has 1 aliphatic rings. The zero-order chi connectivity index (χ0) is 20.2. The Morgan fingerprint density at radius 1 is 1.52 bits per heavy atom. The van der Waals surface area contributed by atoms with E-state index >= 15 is 0 Å². The summed E-state index contributed by atoms with van der Waals surface area (Å²) in [6.07, 6.45) is 1.28. The standard InChI is InChI=1S/C18H23N3O6/c1-18(2,3)27-16(22)10-20-14(9-19)17(23)12-6-7-26-15-5-4-11(21(24)25)8-13(12)15/h4-5,8-10,12,17,23H,6-7,19H2,1-3H3/b14-9-,20-10-. The molecule has 2 atom stereocenters. The van der Waals surface area contributed by atoms with Gasteiger partial charge in [0.2, 0.25) is 0 Å². The Hall–Kier alpha value is -2.94. The van der Waals surface area contributed by atoms with Crippen molar-refractivity contribution in [1.29, 1.82) is 0 Å². The van der Waals surface area contributed by atoms with Gasteiger partial charge in [0.05, 0.1) is 17.2 Å². The molecule has 0 saturated carbocycles. The second kappa shape index (κ2) is 8.17. The highest BCUT2D eigenvalue weighted by Gasteiger charge is 2.31. The van der Waals surface area contributed by atoms with Crippen LogP contribution in [0.15, 0.2) is 35.1 Å². The summed E-state index contributed by atoms with van der Waals surface area (Å²) in [5, 5.41) is 21.8. The predicted molar refractivity (Wildman–Crippen MR) is 98.6 cm³/mol. The smallest absolute Gasteiger partial charge is 0.349 e. The van der Waals surface area contributed by atoms with Gasteiger partial charge in [-0.05, 0) is 33.3 Å². The van der Waals surface area contributed by atoms with E-state index in [-0.39, 0.29) is 11.4 Å². The highest BCUT2D eigenvalue weighted by atomic mass is 16.6. The number of nitro groups is 1. The number of aliphatic hydroxyl groups is 1. The Morgan fingerprint density at radius 3 is 2.81 bits per heavy atom. The van der Waals surface area contributed by atoms with Crippen molar-refractivity contribution in [2.24, 2.45) is 10.7 Å². The average Bonchev–Trinajstić information content (AvgIpc) is 2.59. The maximum Gasteiger partial charge on any atom is 0.349 e. The zero-order valence-corrected chi connectivity index (χ0v) is 15.4. The third-order valence-electron chi connectivity index (χ3n) is 3.87. The van der Waals surface area contributed by atoms with Gasteiger partial charge in [-0.3, -0.25) is 10.1 Å². The number of aliphatic hydroxyl groups excluding tert-OH is 1. The monoisotopic (exact) mass is 377 g/mol. The topological polar surface area (TPSA) is 137 Å². The van der Waals surface area contributed by atoms with Gasteiger partial charge < -0.3 is 20.3 Å². The van der Waals surface area contributed by atoms with Crippen LogP contribution >= 0.6 is 0 Å². The largest absolute Gasteiger partial charge is 0.493 e. The molecule has 1 aliphatic heterocycles. The molecule has 0 amide bonds. The van der Waals surface area contributed by atoms with Gasteiger partial charge in [-0.2, -0.15) is 0 Å². The number of nitro benzene ring substituents is 1. The molecular formula is C18H23N3O6. The number of nitrogens with two attached hydrogens (primary N) is 1. The normalized spacial score (nSPS) is 18.5. The van der Waals surface area contributed by atoms with Crippen LogP contribution < -0.4 is 10.5 Å². The number of non-ortho nitro benzene ring substituents is 1. The molecule has 9 nitrogen and oxygen atoms in total. The second-order valence-corrected chi connectivity index (χ2v) is 7.05. The number of carbonyl (C=O) groups is 1. The van der Waals surface area contributed by atoms with Gasteiger partial charge in [-0.25, -0.2) is 9.79 Å². The number of aliphatic imine (C=N–C) groups is 1. The molecule has 27 heavy (non-hydrogen) atoms. The van der Waals surface area contributed by atoms with Gasteiger partial charge in [-0.1, -0.05) is 0 Å². The van der Waals surface area contributed by atoms with E-state index in [1.165, 1.54) is 18.2 Å². The van der Waals surface area contributed by atoms with Crippen molar-refractivity contribution < 1.29 is 24.3 Å². The summed E-state index contributed by atoms with van der Waals surface area (Å²) < 4.78 is 10.6. The van der Waals surface area contributed by atoms with Crippen LogP contribution in [-0.4, -0.2) is 40.5 Å². The number of ether oxygens (including phenoxy) is 2. The molecule has 9 heteroatoms. The number of nitrogens with zero attached hydrogens (tertiary/aromatic N) is 2. The van der Waals surface area contributed by atoms with Gasteiger partial charge >= 0.3 is 5.97 Å². The number of benzene rings is 1. The average molecular weight is 377 g/mol. The molecule has 0 aliphatic carbocycles. The van der Waals surface area contributed by atoms with E-state index in [0.717, 1.165) is 12.4 Å². The first-order valence-corrected chi connectivity index (χ1v) is 8.40. The molecule has 1 heterocycles. The Bertz CT molecular complexity index is 782. The molecule has 0 bridgehead atoms. The van der Waals surface area contributed by atoms with E-state index in [0.29, 0.717) is 24.3 Å². The Balaban J connectivity index is 2.24. The van der Waals surface area contributed by atoms with Crippen molar-refractivity contribution in [1.82, 2.24) is 0 Å². The van der Waals surface area contributed by atoms with E-state index in [4.69, 9.17) is 15.2 Å². The third-order valence-corrected chi connectivity index (χ3v) is 3.87. The van der Waals surface area contributed by atoms with Crippen LogP contribution in [0.25, 0.3) is 0 Å². The minimum absolute atomic E-state index is 0.0604. The van der Waals surface area contributed by atoms with Gasteiger partial charge in [-0.15, -0.1) is 0 Å². The van der Waals surface area contributed by atoms with Crippen molar-refractivity contribution in [3.8, 4) is 5.75 Å². The summed E-state index contributed by atoms with van der Waals surface area (Å²) in [6, 6.07) is 4.21. The number of hydrogen-bond acceptors (Lipinski definition) is 8. The molecule has 2 unspecified atom stereocenters. The lowest BCUT2D eigenvalue weighted by molar-refractivity contribution is -0.385. The predicted octanol–water partition coefficient (Wildman–Crippen LogP) is 2.03. The Labute approximate surface area is 156 Å². The maximum atomic E-state index is 11.8. The minimum atomic E-state index is -1.17. The van der Waals surface area contributed by atoms with Crippen LogP contribution in [0.4, 0.5) is 5.69 Å². The summed E-state index contributed by atoms with van der Waals surface area (Å²) in [4.78, 5) is 26.2. The van der Waals surface area contributed by atoms with E-state index in [1.54, 1.807) is 20.8 Å². The summed E-state index contributed by atoms with van der Waals surface area (Å²) in [5.74, 6) is -0.723. The number of carbonyl (C=O) groups excluding carboxylic acids is 1. The minimum Gasteiger partial charge on any atom is -0.493 e. The fourth-order valence-corrected chi connectivity index (χ4v) is 2.73. The molecule has 1 aromatic rings. The van der Waals surface area contributed by atoms with Gasteiger partial charge in [0.25, 0.3) is 5.69 Å². The van der Waals surface area contributed by atoms with Gasteiger partial charge in [0.1, 0.15) is 23.7 Å². The van der Waals surface area contributed by atoms with E-state index in [1.807, 2.05) is 0 Å².